The predicted octanol–water partition coefficient (Wildman–Crippen LogP) is 5.25. The number of rotatable bonds is 9. The number of thiazole rings is 1. The number of thioether (sulfide) groups is 1. The van der Waals surface area contributed by atoms with Crippen molar-refractivity contribution in [2.24, 2.45) is 0 Å². The van der Waals surface area contributed by atoms with Crippen LogP contribution in [0.3, 0.4) is 0 Å². The van der Waals surface area contributed by atoms with Crippen molar-refractivity contribution >= 4 is 56.8 Å². The Kier molecular flexibility index (Phi) is 9.55. The Morgan fingerprint density at radius 2 is 1.87 bits per heavy atom. The minimum Gasteiger partial charge on any atom is -0.494 e. The quantitative estimate of drug-likeness (QED) is 0.389. The van der Waals surface area contributed by atoms with Crippen molar-refractivity contribution in [2.45, 2.75) is 18.2 Å². The minimum absolute atomic E-state index is 0. The van der Waals surface area contributed by atoms with Crippen LogP contribution in [0.4, 0.5) is 9.52 Å². The van der Waals surface area contributed by atoms with Gasteiger partial charge < -0.3 is 9.64 Å². The number of hydrogen-bond acceptors (Lipinski definition) is 6. The Hall–Kier alpha value is -1.87. The fourth-order valence-electron chi connectivity index (χ4n) is 2.93. The molecule has 0 saturated heterocycles. The van der Waals surface area contributed by atoms with Gasteiger partial charge in [0.2, 0.25) is 5.91 Å². The van der Waals surface area contributed by atoms with Crippen LogP contribution < -0.4 is 9.64 Å². The lowest BCUT2D eigenvalue weighted by molar-refractivity contribution is -0.118. The van der Waals surface area contributed by atoms with E-state index in [0.717, 1.165) is 27.2 Å². The molecule has 3 aromatic rings. The molecule has 0 spiro atoms. The predicted molar refractivity (Wildman–Crippen MR) is 131 cm³/mol. The Morgan fingerprint density at radius 3 is 2.52 bits per heavy atom. The molecule has 1 amide bonds. The zero-order valence-electron chi connectivity index (χ0n) is 18.1. The van der Waals surface area contributed by atoms with E-state index < -0.39 is 0 Å². The van der Waals surface area contributed by atoms with Crippen molar-refractivity contribution in [1.82, 2.24) is 9.88 Å². The smallest absolute Gasteiger partial charge is 0.229 e. The van der Waals surface area contributed by atoms with Crippen LogP contribution in [0.1, 0.15) is 12.0 Å². The Labute approximate surface area is 197 Å². The molecule has 3 rings (SSSR count). The lowest BCUT2D eigenvalue weighted by Gasteiger charge is -2.22. The van der Waals surface area contributed by atoms with Crippen molar-refractivity contribution in [3.05, 3.63) is 47.8 Å². The third-order valence-corrected chi connectivity index (χ3v) is 6.84. The second-order valence-electron chi connectivity index (χ2n) is 7.16. The van der Waals surface area contributed by atoms with Gasteiger partial charge in [-0.2, -0.15) is 0 Å². The molecule has 0 unspecified atom stereocenters. The highest BCUT2D eigenvalue weighted by atomic mass is 35.5. The first kappa shape index (κ1) is 25.4. The number of nitrogens with zero attached hydrogens (tertiary/aromatic N) is 3. The van der Waals surface area contributed by atoms with Gasteiger partial charge in [-0.1, -0.05) is 17.4 Å². The molecule has 0 saturated carbocycles. The van der Waals surface area contributed by atoms with Gasteiger partial charge in [-0.25, -0.2) is 9.37 Å². The van der Waals surface area contributed by atoms with Gasteiger partial charge in [-0.05, 0) is 56.9 Å². The number of benzene rings is 2. The fraction of sp³-hybridized carbons (Fsp3) is 0.364. The molecule has 31 heavy (non-hydrogen) atoms. The summed E-state index contributed by atoms with van der Waals surface area (Å²) < 4.78 is 19.6. The third kappa shape index (κ3) is 6.55. The summed E-state index contributed by atoms with van der Waals surface area (Å²) in [6.07, 6.45) is 0.377. The van der Waals surface area contributed by atoms with Gasteiger partial charge in [-0.3, -0.25) is 9.69 Å². The van der Waals surface area contributed by atoms with E-state index >= 15 is 0 Å². The summed E-state index contributed by atoms with van der Waals surface area (Å²) >= 11 is 3.07. The molecule has 0 aliphatic heterocycles. The molecule has 5 nitrogen and oxygen atoms in total. The standard InChI is InChI=1S/C22H26FN3O2S2.ClH/c1-15-5-10-18(28-4)20-21(15)30-22(24-20)26(13-12-25(2)3)19(27)11-14-29-17-8-6-16(23)7-9-17;/h5-10H,11-14H2,1-4H3;1H. The number of ether oxygens (including phenoxy) is 1. The van der Waals surface area contributed by atoms with E-state index in [-0.39, 0.29) is 24.1 Å². The Morgan fingerprint density at radius 1 is 1.16 bits per heavy atom. The molecule has 0 aliphatic rings. The number of likely N-dealkylation sites (N-methyl/N-ethyl adjacent to an activating group) is 1. The lowest BCUT2D eigenvalue weighted by atomic mass is 10.2. The van der Waals surface area contributed by atoms with Crippen LogP contribution in [0.5, 0.6) is 5.75 Å². The molecular formula is C22H27ClFN3O2S2. The number of anilines is 1. The molecule has 1 aromatic heterocycles. The molecule has 1 heterocycles. The lowest BCUT2D eigenvalue weighted by Crippen LogP contribution is -2.36. The monoisotopic (exact) mass is 483 g/mol. The molecule has 0 bridgehead atoms. The van der Waals surface area contributed by atoms with E-state index in [9.17, 15) is 9.18 Å². The minimum atomic E-state index is -0.258. The van der Waals surface area contributed by atoms with Crippen molar-refractivity contribution in [3.63, 3.8) is 0 Å². The summed E-state index contributed by atoms with van der Waals surface area (Å²) in [7, 11) is 5.60. The van der Waals surface area contributed by atoms with Gasteiger partial charge >= 0.3 is 0 Å². The number of methoxy groups -OCH3 is 1. The molecule has 168 valence electrons. The molecule has 0 fully saturated rings. The zero-order chi connectivity index (χ0) is 21.7. The first-order valence-corrected chi connectivity index (χ1v) is 11.5. The second-order valence-corrected chi connectivity index (χ2v) is 9.31. The topological polar surface area (TPSA) is 45.7 Å². The van der Waals surface area contributed by atoms with Gasteiger partial charge in [0.05, 0.1) is 11.8 Å². The maximum Gasteiger partial charge on any atom is 0.229 e. The van der Waals surface area contributed by atoms with Crippen molar-refractivity contribution < 1.29 is 13.9 Å². The van der Waals surface area contributed by atoms with E-state index in [2.05, 4.69) is 0 Å². The molecule has 9 heteroatoms. The number of hydrogen-bond donors (Lipinski definition) is 0. The number of fused-ring (bicyclic) bond motifs is 1. The summed E-state index contributed by atoms with van der Waals surface area (Å²) in [5, 5.41) is 0.691. The number of aromatic nitrogens is 1. The van der Waals surface area contributed by atoms with E-state index in [4.69, 9.17) is 9.72 Å². The fourth-order valence-corrected chi connectivity index (χ4v) is 4.86. The second kappa shape index (κ2) is 11.7. The molecule has 0 radical (unpaired) electrons. The zero-order valence-corrected chi connectivity index (χ0v) is 20.5. The largest absolute Gasteiger partial charge is 0.494 e. The van der Waals surface area contributed by atoms with Crippen LogP contribution in [0.2, 0.25) is 0 Å². The highest BCUT2D eigenvalue weighted by Gasteiger charge is 2.21. The summed E-state index contributed by atoms with van der Waals surface area (Å²) in [6.45, 7) is 3.34. The molecule has 0 N–H and O–H groups in total. The van der Waals surface area contributed by atoms with Crippen LogP contribution >= 0.6 is 35.5 Å². The van der Waals surface area contributed by atoms with Gasteiger partial charge in [0.1, 0.15) is 17.1 Å². The van der Waals surface area contributed by atoms with Crippen LogP contribution in [-0.4, -0.2) is 55.8 Å². The van der Waals surface area contributed by atoms with Gasteiger partial charge in [0, 0.05) is 30.2 Å². The molecule has 0 atom stereocenters. The summed E-state index contributed by atoms with van der Waals surface area (Å²) in [5.74, 6) is 1.11. The first-order chi connectivity index (χ1) is 14.4. The number of halogens is 2. The number of carbonyl (C=O) groups excluding carboxylic acids is 1. The molecule has 0 aliphatic carbocycles. The van der Waals surface area contributed by atoms with Crippen LogP contribution in [0.15, 0.2) is 41.3 Å². The maximum atomic E-state index is 13.1. The van der Waals surface area contributed by atoms with E-state index in [1.54, 1.807) is 35.9 Å². The van der Waals surface area contributed by atoms with Crippen LogP contribution in [0.25, 0.3) is 10.2 Å². The van der Waals surface area contributed by atoms with Crippen LogP contribution in [-0.2, 0) is 4.79 Å². The van der Waals surface area contributed by atoms with E-state index in [0.29, 0.717) is 29.6 Å². The van der Waals surface area contributed by atoms with Gasteiger partial charge in [0.15, 0.2) is 5.13 Å². The summed E-state index contributed by atoms with van der Waals surface area (Å²) in [5.41, 5.74) is 1.90. The Balaban J connectivity index is 0.00000341. The van der Waals surface area contributed by atoms with Gasteiger partial charge in [0.25, 0.3) is 0 Å². The van der Waals surface area contributed by atoms with Crippen molar-refractivity contribution in [2.75, 3.05) is 44.9 Å². The van der Waals surface area contributed by atoms with E-state index in [1.165, 1.54) is 23.5 Å². The number of amides is 1. The average molecular weight is 484 g/mol. The SMILES string of the molecule is COc1ccc(C)c2sc(N(CCN(C)C)C(=O)CCSc3ccc(F)cc3)nc12.Cl. The molecular weight excluding hydrogens is 457 g/mol. The first-order valence-electron chi connectivity index (χ1n) is 9.66. The highest BCUT2D eigenvalue weighted by Crippen LogP contribution is 2.36. The average Bonchev–Trinajstić information content (AvgIpc) is 3.16. The van der Waals surface area contributed by atoms with Crippen LogP contribution in [0, 0.1) is 12.7 Å². The third-order valence-electron chi connectivity index (χ3n) is 4.61. The van der Waals surface area contributed by atoms with Crippen molar-refractivity contribution in [1.29, 1.82) is 0 Å². The molecule has 2 aromatic carbocycles. The highest BCUT2D eigenvalue weighted by molar-refractivity contribution is 7.99. The van der Waals surface area contributed by atoms with E-state index in [1.807, 2.05) is 38.1 Å². The summed E-state index contributed by atoms with van der Waals surface area (Å²) in [6, 6.07) is 10.3. The van der Waals surface area contributed by atoms with Gasteiger partial charge in [-0.15, -0.1) is 24.2 Å². The van der Waals surface area contributed by atoms with Crippen molar-refractivity contribution in [3.8, 4) is 5.75 Å². The number of aryl methyl sites for hydroxylation is 1. The normalized spacial score (nSPS) is 10.9. The maximum absolute atomic E-state index is 13.1. The summed E-state index contributed by atoms with van der Waals surface area (Å²) in [4.78, 5) is 22.6. The Bertz CT molecular complexity index is 1010. The number of carbonyl (C=O) groups is 1.